The van der Waals surface area contributed by atoms with Crippen molar-refractivity contribution >= 4 is 18.3 Å². The largest absolute Gasteiger partial charge is 0.364 e. The zero-order valence-corrected chi connectivity index (χ0v) is 13.8. The Morgan fingerprint density at radius 1 is 1.36 bits per heavy atom. The molecule has 1 aromatic rings. The average Bonchev–Trinajstić information content (AvgIpc) is 3.15. The number of nitrogens with two attached hydrogens (primary N) is 1. The van der Waals surface area contributed by atoms with Crippen LogP contribution in [0, 0.1) is 6.92 Å². The molecule has 0 bridgehead atoms. The van der Waals surface area contributed by atoms with Crippen molar-refractivity contribution in [2.45, 2.75) is 50.9 Å². The molecule has 2 saturated heterocycles. The molecule has 5 heteroatoms. The van der Waals surface area contributed by atoms with Crippen LogP contribution < -0.4 is 5.73 Å². The average molecular weight is 325 g/mol. The number of carbonyl (C=O) groups excluding carboxylic acids is 1. The number of aryl methyl sites for hydroxylation is 1. The van der Waals surface area contributed by atoms with Crippen LogP contribution in [0.15, 0.2) is 24.3 Å². The second-order valence-electron chi connectivity index (χ2n) is 6.16. The summed E-state index contributed by atoms with van der Waals surface area (Å²) in [6.45, 7) is 3.44. The van der Waals surface area contributed by atoms with Gasteiger partial charge < -0.3 is 15.4 Å². The Morgan fingerprint density at radius 2 is 2.18 bits per heavy atom. The molecule has 2 N–H and O–H groups in total. The van der Waals surface area contributed by atoms with Crippen LogP contribution in [0.3, 0.4) is 0 Å². The lowest BCUT2D eigenvalue weighted by molar-refractivity contribution is -0.143. The Bertz CT molecular complexity index is 523. The first-order valence-corrected chi connectivity index (χ1v) is 7.91. The Labute approximate surface area is 138 Å². The van der Waals surface area contributed by atoms with Gasteiger partial charge in [0.25, 0.3) is 5.91 Å². The molecule has 0 spiro atoms. The third-order valence-corrected chi connectivity index (χ3v) is 4.61. The Balaban J connectivity index is 0.00000176. The van der Waals surface area contributed by atoms with E-state index < -0.39 is 0 Å². The fourth-order valence-electron chi connectivity index (χ4n) is 3.50. The summed E-state index contributed by atoms with van der Waals surface area (Å²) in [6, 6.07) is 8.69. The molecule has 0 aliphatic carbocycles. The van der Waals surface area contributed by atoms with Crippen LogP contribution in [0.2, 0.25) is 0 Å². The molecular formula is C17H25ClN2O2. The summed E-state index contributed by atoms with van der Waals surface area (Å²) < 4.78 is 5.78. The maximum atomic E-state index is 12.7. The van der Waals surface area contributed by atoms with Gasteiger partial charge in [-0.3, -0.25) is 4.79 Å². The third-order valence-electron chi connectivity index (χ3n) is 4.61. The first-order valence-electron chi connectivity index (χ1n) is 7.91. The summed E-state index contributed by atoms with van der Waals surface area (Å²) in [7, 11) is 0. The molecule has 3 atom stereocenters. The van der Waals surface area contributed by atoms with Crippen LogP contribution in [-0.2, 0) is 9.53 Å². The van der Waals surface area contributed by atoms with Crippen molar-refractivity contribution in [2.24, 2.45) is 5.73 Å². The van der Waals surface area contributed by atoms with E-state index in [1.165, 1.54) is 11.1 Å². The molecule has 4 nitrogen and oxygen atoms in total. The molecule has 2 aliphatic heterocycles. The normalized spacial score (nSPS) is 27.7. The van der Waals surface area contributed by atoms with Gasteiger partial charge in [0.05, 0.1) is 12.1 Å². The van der Waals surface area contributed by atoms with Crippen molar-refractivity contribution in [3.8, 4) is 0 Å². The molecule has 2 aliphatic rings. The Morgan fingerprint density at radius 3 is 2.86 bits per heavy atom. The molecule has 122 valence electrons. The van der Waals surface area contributed by atoms with Gasteiger partial charge in [-0.15, -0.1) is 12.4 Å². The zero-order chi connectivity index (χ0) is 14.8. The molecule has 1 unspecified atom stereocenters. The summed E-state index contributed by atoms with van der Waals surface area (Å²) in [5.74, 6) is 0.148. The first kappa shape index (κ1) is 17.3. The van der Waals surface area contributed by atoms with Gasteiger partial charge in [-0.05, 0) is 38.2 Å². The highest BCUT2D eigenvalue weighted by Gasteiger charge is 2.37. The summed E-state index contributed by atoms with van der Waals surface area (Å²) in [4.78, 5) is 14.8. The topological polar surface area (TPSA) is 55.6 Å². The lowest BCUT2D eigenvalue weighted by atomic mass is 10.0. The van der Waals surface area contributed by atoms with Crippen molar-refractivity contribution in [3.63, 3.8) is 0 Å². The minimum absolute atomic E-state index is 0. The molecule has 3 rings (SSSR count). The molecule has 0 radical (unpaired) electrons. The van der Waals surface area contributed by atoms with Gasteiger partial charge in [0.15, 0.2) is 0 Å². The molecular weight excluding hydrogens is 300 g/mol. The highest BCUT2D eigenvalue weighted by Crippen LogP contribution is 2.34. The predicted octanol–water partition coefficient (Wildman–Crippen LogP) is 2.59. The van der Waals surface area contributed by atoms with Crippen LogP contribution in [0.5, 0.6) is 0 Å². The van der Waals surface area contributed by atoms with E-state index in [-0.39, 0.29) is 36.6 Å². The van der Waals surface area contributed by atoms with Crippen LogP contribution >= 0.6 is 12.4 Å². The quantitative estimate of drug-likeness (QED) is 0.929. The minimum atomic E-state index is -0.288. The number of nitrogens with zero attached hydrogens (tertiary/aromatic N) is 1. The van der Waals surface area contributed by atoms with E-state index in [1.807, 2.05) is 4.90 Å². The standard InChI is InChI=1S/C17H24N2O2.ClH/c1-12-4-2-5-13(10-12)15-6-3-9-19(15)17(20)16-8-7-14(11-18)21-16;/h2,4-5,10,14-16H,3,6-9,11,18H2,1H3;1H/t14-,15?,16+;/m1./s1. The zero-order valence-electron chi connectivity index (χ0n) is 13.0. The van der Waals surface area contributed by atoms with E-state index in [0.717, 1.165) is 32.2 Å². The highest BCUT2D eigenvalue weighted by atomic mass is 35.5. The second-order valence-corrected chi connectivity index (χ2v) is 6.16. The third kappa shape index (κ3) is 3.45. The van der Waals surface area contributed by atoms with E-state index in [0.29, 0.717) is 6.54 Å². The van der Waals surface area contributed by atoms with Gasteiger partial charge in [-0.1, -0.05) is 29.8 Å². The van der Waals surface area contributed by atoms with Gasteiger partial charge in [-0.25, -0.2) is 0 Å². The van der Waals surface area contributed by atoms with E-state index in [4.69, 9.17) is 10.5 Å². The van der Waals surface area contributed by atoms with Crippen LogP contribution in [0.25, 0.3) is 0 Å². The lowest BCUT2D eigenvalue weighted by Gasteiger charge is -2.28. The van der Waals surface area contributed by atoms with Gasteiger partial charge in [0, 0.05) is 13.1 Å². The fraction of sp³-hybridized carbons (Fsp3) is 0.588. The van der Waals surface area contributed by atoms with Crippen LogP contribution in [0.4, 0.5) is 0 Å². The van der Waals surface area contributed by atoms with Gasteiger partial charge >= 0.3 is 0 Å². The molecule has 0 saturated carbocycles. The number of carbonyl (C=O) groups is 1. The SMILES string of the molecule is Cc1cccc(C2CCCN2C(=O)[C@@H]2CC[C@H](CN)O2)c1.Cl. The summed E-state index contributed by atoms with van der Waals surface area (Å²) in [5.41, 5.74) is 8.12. The van der Waals surface area contributed by atoms with E-state index in [2.05, 4.69) is 31.2 Å². The number of hydrogen-bond acceptors (Lipinski definition) is 3. The summed E-state index contributed by atoms with van der Waals surface area (Å²) >= 11 is 0. The number of hydrogen-bond donors (Lipinski definition) is 1. The number of amides is 1. The molecule has 0 aromatic heterocycles. The van der Waals surface area contributed by atoms with Crippen LogP contribution in [0.1, 0.15) is 42.9 Å². The monoisotopic (exact) mass is 324 g/mol. The summed E-state index contributed by atoms with van der Waals surface area (Å²) in [5, 5.41) is 0. The Kier molecular flexibility index (Phi) is 5.84. The molecule has 1 aromatic carbocycles. The molecule has 22 heavy (non-hydrogen) atoms. The smallest absolute Gasteiger partial charge is 0.252 e. The fourth-order valence-corrected chi connectivity index (χ4v) is 3.50. The van der Waals surface area contributed by atoms with Crippen molar-refractivity contribution in [1.29, 1.82) is 0 Å². The van der Waals surface area contributed by atoms with Crippen molar-refractivity contribution in [2.75, 3.05) is 13.1 Å². The summed E-state index contributed by atoms with van der Waals surface area (Å²) in [6.07, 6.45) is 3.58. The van der Waals surface area contributed by atoms with Gasteiger partial charge in [-0.2, -0.15) is 0 Å². The number of benzene rings is 1. The van der Waals surface area contributed by atoms with E-state index >= 15 is 0 Å². The van der Waals surface area contributed by atoms with E-state index in [9.17, 15) is 4.79 Å². The van der Waals surface area contributed by atoms with Gasteiger partial charge in [0.2, 0.25) is 0 Å². The number of ether oxygens (including phenoxy) is 1. The number of halogens is 1. The predicted molar refractivity (Wildman–Crippen MR) is 89.1 cm³/mol. The molecule has 2 fully saturated rings. The molecule has 2 heterocycles. The second kappa shape index (κ2) is 7.44. The minimum Gasteiger partial charge on any atom is -0.364 e. The Hall–Kier alpha value is -1.10. The van der Waals surface area contributed by atoms with Crippen LogP contribution in [-0.4, -0.2) is 36.1 Å². The highest BCUT2D eigenvalue weighted by molar-refractivity contribution is 5.85. The maximum absolute atomic E-state index is 12.7. The molecule has 1 amide bonds. The van der Waals surface area contributed by atoms with Crippen molar-refractivity contribution in [1.82, 2.24) is 4.90 Å². The number of likely N-dealkylation sites (tertiary alicyclic amines) is 1. The number of rotatable bonds is 3. The van der Waals surface area contributed by atoms with Crippen molar-refractivity contribution < 1.29 is 9.53 Å². The maximum Gasteiger partial charge on any atom is 0.252 e. The van der Waals surface area contributed by atoms with Crippen molar-refractivity contribution in [3.05, 3.63) is 35.4 Å². The van der Waals surface area contributed by atoms with E-state index in [1.54, 1.807) is 0 Å². The first-order chi connectivity index (χ1) is 10.2. The van der Waals surface area contributed by atoms with Gasteiger partial charge in [0.1, 0.15) is 6.10 Å². The lowest BCUT2D eigenvalue weighted by Crippen LogP contribution is -2.39.